The minimum atomic E-state index is -3.57. The van der Waals surface area contributed by atoms with Crippen LogP contribution >= 0.6 is 0 Å². The highest BCUT2D eigenvalue weighted by Gasteiger charge is 2.07. The Hall–Kier alpha value is -2.20. The number of hydrogen-bond donors (Lipinski definition) is 1. The fourth-order valence-corrected chi connectivity index (χ4v) is 2.00. The van der Waals surface area contributed by atoms with Crippen LogP contribution in [0, 0.1) is 6.92 Å². The molecule has 0 amide bonds. The molecule has 0 saturated heterocycles. The summed E-state index contributed by atoms with van der Waals surface area (Å²) in [5.74, 6) is -1.03. The van der Waals surface area contributed by atoms with Gasteiger partial charge in [-0.2, -0.15) is 0 Å². The molecule has 0 fully saturated rings. The summed E-state index contributed by atoms with van der Waals surface area (Å²) in [6.45, 7) is -1.60. The van der Waals surface area contributed by atoms with Gasteiger partial charge in [-0.25, -0.2) is 0 Å². The molecule has 4 heteroatoms. The van der Waals surface area contributed by atoms with E-state index in [1.807, 2.05) is 0 Å². The smallest absolute Gasteiger partial charge is 0.160 e. The standard InChI is InChI=1S/C21H28O4/c1-16-7-6-10-19(13-16)25-15-18(22)9-5-4-8-17-11-12-20(23-2)21(14-17)24-3/h6-7,10-14,18,22H,4-5,8-9,15H2,1-3H3/i2D3,3D3,4D2,9D2,15D2,18D. The minimum Gasteiger partial charge on any atom is -0.493 e. The lowest BCUT2D eigenvalue weighted by atomic mass is 10.0. The highest BCUT2D eigenvalue weighted by molar-refractivity contribution is 5.42. The Morgan fingerprint density at radius 2 is 2.00 bits per heavy atom. The molecule has 0 heterocycles. The summed E-state index contributed by atoms with van der Waals surface area (Å²) in [6, 6.07) is 9.30. The molecular formula is C21H28O4. The van der Waals surface area contributed by atoms with Gasteiger partial charge in [0.05, 0.1) is 32.5 Å². The molecule has 0 radical (unpaired) electrons. The molecule has 2 aromatic carbocycles. The summed E-state index contributed by atoms with van der Waals surface area (Å²) in [7, 11) is -5.93. The number of benzene rings is 2. The molecule has 0 spiro atoms. The van der Waals surface area contributed by atoms with Crippen LogP contribution < -0.4 is 14.2 Å². The van der Waals surface area contributed by atoms with Crippen LogP contribution in [0.5, 0.6) is 17.2 Å². The van der Waals surface area contributed by atoms with Crippen molar-refractivity contribution in [1.29, 1.82) is 0 Å². The lowest BCUT2D eigenvalue weighted by molar-refractivity contribution is 0.0976. The first-order valence-electron chi connectivity index (χ1n) is 13.9. The first kappa shape index (κ1) is 8.00. The van der Waals surface area contributed by atoms with Gasteiger partial charge in [-0.1, -0.05) is 24.6 Å². The lowest BCUT2D eigenvalue weighted by Crippen LogP contribution is -2.17. The zero-order valence-electron chi connectivity index (χ0n) is 26.6. The van der Waals surface area contributed by atoms with Crippen molar-refractivity contribution in [3.05, 3.63) is 53.6 Å². The van der Waals surface area contributed by atoms with Gasteiger partial charge in [0, 0.05) is 5.48 Å². The quantitative estimate of drug-likeness (QED) is 0.693. The first-order valence-corrected chi connectivity index (χ1v) is 7.42. The third kappa shape index (κ3) is 6.31. The zero-order valence-corrected chi connectivity index (χ0v) is 13.6. The van der Waals surface area contributed by atoms with Crippen LogP contribution in [0.25, 0.3) is 0 Å². The molecule has 0 aliphatic rings. The molecule has 0 aliphatic heterocycles. The second-order valence-corrected chi connectivity index (χ2v) is 5.13. The van der Waals surface area contributed by atoms with E-state index < -0.39 is 63.8 Å². The van der Waals surface area contributed by atoms with Crippen LogP contribution in [-0.2, 0) is 6.42 Å². The number of hydrogen-bond acceptors (Lipinski definition) is 4. The molecule has 1 unspecified atom stereocenters. The van der Waals surface area contributed by atoms with Gasteiger partial charge in [0.15, 0.2) is 11.5 Å². The molecule has 2 aromatic rings. The molecular weight excluding hydrogens is 316 g/mol. The van der Waals surface area contributed by atoms with Gasteiger partial charge in [0.2, 0.25) is 0 Å². The van der Waals surface area contributed by atoms with Gasteiger partial charge in [-0.15, -0.1) is 0 Å². The molecule has 2 rings (SSSR count). The third-order valence-corrected chi connectivity index (χ3v) is 3.19. The summed E-state index contributed by atoms with van der Waals surface area (Å²) in [5.41, 5.74) is 0.735. The van der Waals surface area contributed by atoms with Crippen molar-refractivity contribution >= 4 is 0 Å². The first-order chi connectivity index (χ1) is 16.9. The maximum absolute atomic E-state index is 10.6. The fraction of sp³-hybridized carbons (Fsp3) is 0.429. The summed E-state index contributed by atoms with van der Waals surface area (Å²) < 4.78 is 115. The number of methoxy groups -OCH3 is 2. The van der Waals surface area contributed by atoms with E-state index >= 15 is 0 Å². The SMILES string of the molecule is [2H]C([2H])(Cc1ccc(OC([2H])([2H])[2H])c(OC([2H])([2H])[2H])c1)CC([2H])([2H])C([2H])(O)C([2H])([2H])Oc1cccc(C)c1. The van der Waals surface area contributed by atoms with E-state index in [1.54, 1.807) is 13.0 Å². The molecule has 0 aliphatic carbocycles. The summed E-state index contributed by atoms with van der Waals surface area (Å²) in [5, 5.41) is 10.6. The Kier molecular flexibility index (Phi) is 3.18. The van der Waals surface area contributed by atoms with Gasteiger partial charge >= 0.3 is 0 Å². The van der Waals surface area contributed by atoms with Crippen LogP contribution in [0.2, 0.25) is 0 Å². The van der Waals surface area contributed by atoms with Crippen molar-refractivity contribution in [3.8, 4) is 17.2 Å². The molecule has 1 N–H and O–H groups in total. The van der Waals surface area contributed by atoms with Crippen LogP contribution in [-0.4, -0.2) is 31.8 Å². The zero-order chi connectivity index (χ0) is 29.4. The average molecular weight is 358 g/mol. The van der Waals surface area contributed by atoms with Crippen molar-refractivity contribution in [3.63, 3.8) is 0 Å². The van der Waals surface area contributed by atoms with E-state index in [0.717, 1.165) is 12.1 Å². The third-order valence-electron chi connectivity index (χ3n) is 3.19. The van der Waals surface area contributed by atoms with Gasteiger partial charge in [0.25, 0.3) is 0 Å². The lowest BCUT2D eigenvalue weighted by Gasteiger charge is -2.13. The second kappa shape index (κ2) is 9.94. The Morgan fingerprint density at radius 3 is 2.80 bits per heavy atom. The normalized spacial score (nSPS) is 23.5. The molecule has 0 aromatic heterocycles. The predicted molar refractivity (Wildman–Crippen MR) is 99.8 cm³/mol. The highest BCUT2D eigenvalue weighted by atomic mass is 16.5. The maximum Gasteiger partial charge on any atom is 0.160 e. The van der Waals surface area contributed by atoms with Crippen LogP contribution in [0.15, 0.2) is 42.5 Å². The van der Waals surface area contributed by atoms with Gasteiger partial charge in [-0.05, 0) is 61.5 Å². The molecule has 25 heavy (non-hydrogen) atoms. The molecule has 0 saturated carbocycles. The molecule has 0 bridgehead atoms. The fourth-order valence-electron chi connectivity index (χ4n) is 2.00. The molecule has 136 valence electrons. The van der Waals surface area contributed by atoms with Crippen molar-refractivity contribution in [2.45, 2.75) is 38.6 Å². The minimum absolute atomic E-state index is 0.0514. The average Bonchev–Trinajstić information content (AvgIpc) is 2.66. The van der Waals surface area contributed by atoms with Crippen LogP contribution in [0.1, 0.15) is 48.1 Å². The Bertz CT molecular complexity index is 1110. The number of ether oxygens (including phenoxy) is 3. The van der Waals surface area contributed by atoms with Gasteiger partial charge < -0.3 is 19.3 Å². The molecule has 1 atom stereocenters. The monoisotopic (exact) mass is 357 g/mol. The van der Waals surface area contributed by atoms with E-state index in [2.05, 4.69) is 0 Å². The largest absolute Gasteiger partial charge is 0.493 e. The van der Waals surface area contributed by atoms with E-state index in [9.17, 15) is 5.11 Å². The number of aryl methyl sites for hydroxylation is 2. The van der Waals surface area contributed by atoms with E-state index in [0.29, 0.717) is 5.56 Å². The summed E-state index contributed by atoms with van der Waals surface area (Å²) in [6.07, 6.45) is -11.0. The van der Waals surface area contributed by atoms with Crippen molar-refractivity contribution in [2.75, 3.05) is 20.6 Å². The van der Waals surface area contributed by atoms with Gasteiger partial charge in [0.1, 0.15) is 12.3 Å². The van der Waals surface area contributed by atoms with E-state index in [4.69, 9.17) is 32.0 Å². The summed E-state index contributed by atoms with van der Waals surface area (Å²) >= 11 is 0. The van der Waals surface area contributed by atoms with E-state index in [-0.39, 0.29) is 11.3 Å². The molecule has 4 nitrogen and oxygen atoms in total. The number of rotatable bonds is 10. The van der Waals surface area contributed by atoms with Crippen molar-refractivity contribution in [1.82, 2.24) is 0 Å². The second-order valence-electron chi connectivity index (χ2n) is 5.13. The summed E-state index contributed by atoms with van der Waals surface area (Å²) in [4.78, 5) is 0. The van der Waals surface area contributed by atoms with E-state index in [1.165, 1.54) is 24.3 Å². The number of aliphatic hydroxyl groups is 1. The maximum atomic E-state index is 10.6. The van der Waals surface area contributed by atoms with Crippen molar-refractivity contribution < 1.29 is 37.1 Å². The highest BCUT2D eigenvalue weighted by Crippen LogP contribution is 2.28. The topological polar surface area (TPSA) is 47.9 Å². The Labute approximate surface area is 168 Å². The van der Waals surface area contributed by atoms with Gasteiger partial charge in [-0.3, -0.25) is 0 Å². The Morgan fingerprint density at radius 1 is 1.16 bits per heavy atom. The van der Waals surface area contributed by atoms with Crippen molar-refractivity contribution in [2.24, 2.45) is 0 Å². The predicted octanol–water partition coefficient (Wildman–Crippen LogP) is 4.16. The van der Waals surface area contributed by atoms with Crippen LogP contribution in [0.3, 0.4) is 0 Å². The Balaban J connectivity index is 2.29. The van der Waals surface area contributed by atoms with Crippen LogP contribution in [0.4, 0.5) is 0 Å².